The van der Waals surface area contributed by atoms with E-state index in [9.17, 15) is 14.4 Å². The molecule has 0 amide bonds. The minimum absolute atomic E-state index is 0.0732. The highest BCUT2D eigenvalue weighted by Gasteiger charge is 2.45. The van der Waals surface area contributed by atoms with Crippen molar-refractivity contribution in [2.24, 2.45) is 11.8 Å². The van der Waals surface area contributed by atoms with Gasteiger partial charge in [0, 0.05) is 36.9 Å². The highest BCUT2D eigenvalue weighted by atomic mass is 16.5. The van der Waals surface area contributed by atoms with Crippen LogP contribution in [0.5, 0.6) is 0 Å². The lowest BCUT2D eigenvalue weighted by molar-refractivity contribution is -0.140. The fourth-order valence-electron chi connectivity index (χ4n) is 9.03. The molecule has 2 saturated carbocycles. The summed E-state index contributed by atoms with van der Waals surface area (Å²) in [6.07, 6.45) is 15.7. The van der Waals surface area contributed by atoms with E-state index in [1.54, 1.807) is 18.3 Å². The minimum atomic E-state index is -0.383. The summed E-state index contributed by atoms with van der Waals surface area (Å²) in [6.45, 7) is 0.186. The zero-order valence-corrected chi connectivity index (χ0v) is 24.6. The van der Waals surface area contributed by atoms with Gasteiger partial charge in [-0.2, -0.15) is 0 Å². The number of aromatic nitrogens is 3. The lowest BCUT2D eigenvalue weighted by Gasteiger charge is -2.55. The molecule has 3 aromatic rings. The topological polar surface area (TPSA) is 86.4 Å². The van der Waals surface area contributed by atoms with E-state index in [1.165, 1.54) is 69.5 Å². The second-order valence-corrected chi connectivity index (χ2v) is 13.2. The zero-order chi connectivity index (χ0) is 28.8. The Morgan fingerprint density at radius 2 is 1.55 bits per heavy atom. The van der Waals surface area contributed by atoms with Crippen LogP contribution < -0.4 is 11.1 Å². The van der Waals surface area contributed by atoms with Crippen LogP contribution in [0.4, 0.5) is 0 Å². The number of carbonyl (C=O) groups excluding carboxylic acids is 1. The van der Waals surface area contributed by atoms with Gasteiger partial charge in [0.25, 0.3) is 11.1 Å². The van der Waals surface area contributed by atoms with Crippen LogP contribution >= 0.6 is 0 Å². The maximum Gasteiger partial charge on any atom is 0.307 e. The van der Waals surface area contributed by atoms with Gasteiger partial charge < -0.3 is 13.9 Å². The molecule has 1 aromatic carbocycles. The third kappa shape index (κ3) is 5.01. The Morgan fingerprint density at radius 3 is 2.29 bits per heavy atom. The first-order chi connectivity index (χ1) is 20.5. The molecule has 2 aliphatic carbocycles. The summed E-state index contributed by atoms with van der Waals surface area (Å²) in [5.74, 6) is 1.42. The molecule has 4 heterocycles. The average molecular weight is 571 g/mol. The van der Waals surface area contributed by atoms with Crippen LogP contribution in [0.3, 0.4) is 0 Å². The van der Waals surface area contributed by atoms with Gasteiger partial charge in [-0.3, -0.25) is 19.3 Å². The van der Waals surface area contributed by atoms with Gasteiger partial charge in [-0.25, -0.2) is 4.98 Å². The van der Waals surface area contributed by atoms with Crippen molar-refractivity contribution in [1.82, 2.24) is 19.0 Å². The predicted molar refractivity (Wildman–Crippen MR) is 162 cm³/mol. The van der Waals surface area contributed by atoms with Crippen molar-refractivity contribution >= 4 is 17.0 Å². The predicted octanol–water partition coefficient (Wildman–Crippen LogP) is 5.32. The Morgan fingerprint density at radius 1 is 0.833 bits per heavy atom. The van der Waals surface area contributed by atoms with Gasteiger partial charge in [-0.15, -0.1) is 0 Å². The summed E-state index contributed by atoms with van der Waals surface area (Å²) in [5.41, 5.74) is 1.53. The van der Waals surface area contributed by atoms with Gasteiger partial charge in [0.05, 0.1) is 30.1 Å². The smallest absolute Gasteiger partial charge is 0.307 e. The lowest BCUT2D eigenvalue weighted by atomic mass is 9.68. The van der Waals surface area contributed by atoms with Gasteiger partial charge in [-0.05, 0) is 81.0 Å². The molecule has 8 heteroatoms. The van der Waals surface area contributed by atoms with Crippen LogP contribution in [0.15, 0.2) is 52.2 Å². The molecule has 4 bridgehead atoms. The van der Waals surface area contributed by atoms with Crippen molar-refractivity contribution in [1.29, 1.82) is 0 Å². The molecule has 8 nitrogen and oxygen atoms in total. The summed E-state index contributed by atoms with van der Waals surface area (Å²) in [6, 6.07) is 13.0. The maximum atomic E-state index is 14.4. The van der Waals surface area contributed by atoms with Crippen LogP contribution in [0.2, 0.25) is 0 Å². The van der Waals surface area contributed by atoms with Crippen molar-refractivity contribution in [2.75, 3.05) is 7.11 Å². The number of benzene rings is 1. The molecule has 0 unspecified atom stereocenters. The number of nitrogens with zero attached hydrogens (tertiary/aromatic N) is 4. The number of fused-ring (bicyclic) bond motifs is 5. The van der Waals surface area contributed by atoms with Crippen molar-refractivity contribution in [3.63, 3.8) is 0 Å². The highest BCUT2D eigenvalue weighted by molar-refractivity contribution is 5.78. The number of rotatable bonds is 6. The Hall–Kier alpha value is -3.26. The summed E-state index contributed by atoms with van der Waals surface area (Å²) < 4.78 is 8.19. The second-order valence-electron chi connectivity index (χ2n) is 13.2. The maximum absolute atomic E-state index is 14.4. The molecule has 2 saturated heterocycles. The third-order valence-electron chi connectivity index (χ3n) is 10.7. The number of piperidine rings is 2. The summed E-state index contributed by atoms with van der Waals surface area (Å²) in [4.78, 5) is 47.3. The van der Waals surface area contributed by atoms with Crippen molar-refractivity contribution in [3.8, 4) is 11.3 Å². The van der Waals surface area contributed by atoms with Gasteiger partial charge in [-0.1, -0.05) is 37.8 Å². The first-order valence-corrected chi connectivity index (χ1v) is 16.1. The molecule has 2 aliphatic heterocycles. The molecule has 0 radical (unpaired) electrons. The number of carbonyl (C=O) groups is 1. The third-order valence-corrected chi connectivity index (χ3v) is 10.7. The largest absolute Gasteiger partial charge is 0.469 e. The van der Waals surface area contributed by atoms with Crippen LogP contribution in [0.1, 0.15) is 83.1 Å². The first kappa shape index (κ1) is 27.6. The number of esters is 1. The number of aryl methyl sites for hydroxylation is 1. The number of methoxy groups -OCH3 is 1. The van der Waals surface area contributed by atoms with E-state index in [2.05, 4.69) is 4.90 Å². The first-order valence-electron chi connectivity index (χ1n) is 16.1. The number of hydrogen-bond acceptors (Lipinski definition) is 6. The van der Waals surface area contributed by atoms with E-state index < -0.39 is 0 Å². The van der Waals surface area contributed by atoms with Crippen LogP contribution in [0.25, 0.3) is 22.3 Å². The van der Waals surface area contributed by atoms with Crippen LogP contribution in [0, 0.1) is 11.8 Å². The van der Waals surface area contributed by atoms with E-state index >= 15 is 0 Å². The molecular weight excluding hydrogens is 528 g/mol. The summed E-state index contributed by atoms with van der Waals surface area (Å²) in [5, 5.41) is 0. The van der Waals surface area contributed by atoms with E-state index in [-0.39, 0.29) is 47.4 Å². The van der Waals surface area contributed by atoms with E-state index in [4.69, 9.17) is 9.72 Å². The van der Waals surface area contributed by atoms with E-state index in [1.807, 2.05) is 28.8 Å². The SMILES string of the molecule is COC(=O)CCn1cccc(-c2nc3ccccc3n([C@H]3C[C@H]4CCC[C@@H](C3)N4[C@H]3C[C@@H]4CCC[C@@H](C4)C3)c2=O)c1=O. The van der Waals surface area contributed by atoms with Gasteiger partial charge in [0.15, 0.2) is 0 Å². The molecule has 7 rings (SSSR count). The molecule has 222 valence electrons. The molecule has 0 N–H and O–H groups in total. The fourth-order valence-corrected chi connectivity index (χ4v) is 9.03. The Kier molecular flexibility index (Phi) is 7.51. The van der Waals surface area contributed by atoms with Crippen molar-refractivity contribution < 1.29 is 9.53 Å². The van der Waals surface area contributed by atoms with E-state index in [0.29, 0.717) is 18.1 Å². The second kappa shape index (κ2) is 11.4. The van der Waals surface area contributed by atoms with Gasteiger partial charge in [0.2, 0.25) is 0 Å². The zero-order valence-electron chi connectivity index (χ0n) is 24.6. The van der Waals surface area contributed by atoms with Gasteiger partial charge >= 0.3 is 5.97 Å². The fraction of sp³-hybridized carbons (Fsp3) is 0.588. The van der Waals surface area contributed by atoms with Crippen molar-refractivity contribution in [2.45, 2.75) is 108 Å². The number of para-hydroxylation sites is 2. The molecule has 0 spiro atoms. The summed E-state index contributed by atoms with van der Waals surface area (Å²) >= 11 is 0. The molecule has 2 aromatic heterocycles. The quantitative estimate of drug-likeness (QED) is 0.373. The standard InChI is InChI=1S/C34H42N4O4/c1-42-31(39)14-16-36-15-6-11-28(33(36)40)32-34(41)38(30-13-3-2-12-29(30)35-32)27-20-24-9-5-10-25(21-27)37(24)26-18-22-7-4-8-23(17-22)19-26/h2-3,6,11-13,15,22-27H,4-5,7-10,14,16-21H2,1H3/t22-,23+,24-,25+,26+,27+. The Labute approximate surface area is 246 Å². The van der Waals surface area contributed by atoms with Crippen molar-refractivity contribution in [3.05, 3.63) is 63.3 Å². The van der Waals surface area contributed by atoms with Crippen LogP contribution in [-0.2, 0) is 16.1 Å². The van der Waals surface area contributed by atoms with E-state index in [0.717, 1.165) is 35.7 Å². The Balaban J connectivity index is 1.24. The molecule has 6 atom stereocenters. The number of pyridine rings is 1. The summed E-state index contributed by atoms with van der Waals surface area (Å²) in [7, 11) is 1.34. The highest BCUT2D eigenvalue weighted by Crippen LogP contribution is 2.47. The Bertz CT molecular complexity index is 1570. The molecule has 42 heavy (non-hydrogen) atoms. The van der Waals surface area contributed by atoms with Gasteiger partial charge in [0.1, 0.15) is 5.69 Å². The lowest BCUT2D eigenvalue weighted by Crippen LogP contribution is -2.58. The molecular formula is C34H42N4O4. The van der Waals surface area contributed by atoms with Crippen LogP contribution in [-0.4, -0.2) is 50.2 Å². The monoisotopic (exact) mass is 570 g/mol. The minimum Gasteiger partial charge on any atom is -0.469 e. The normalized spacial score (nSPS) is 29.4. The molecule has 4 aliphatic rings. The molecule has 4 fully saturated rings. The number of hydrogen-bond donors (Lipinski definition) is 0. The number of ether oxygens (including phenoxy) is 1. The average Bonchev–Trinajstić information content (AvgIpc) is 2.99.